The highest BCUT2D eigenvalue weighted by molar-refractivity contribution is 6.27. The van der Waals surface area contributed by atoms with E-state index in [1.807, 2.05) is 12.1 Å². The number of rotatable bonds is 2. The summed E-state index contributed by atoms with van der Waals surface area (Å²) in [6.07, 6.45) is 3.49. The lowest BCUT2D eigenvalue weighted by Gasteiger charge is -2.18. The Morgan fingerprint density at radius 3 is 2.24 bits per heavy atom. The smallest absolute Gasteiger partial charge is 0.214 e. The number of benzene rings is 4. The molecular formula is C36H20N4O. The topological polar surface area (TPSA) is 60.7 Å². The fraction of sp³-hybridized carbons (Fsp3) is 0. The fourth-order valence-corrected chi connectivity index (χ4v) is 6.39. The molecule has 0 bridgehead atoms. The third kappa shape index (κ3) is 3.06. The molecule has 0 radical (unpaired) electrons. The maximum Gasteiger partial charge on any atom is 0.214 e. The molecule has 0 amide bonds. The van der Waals surface area contributed by atoms with E-state index in [2.05, 4.69) is 99.5 Å². The molecule has 0 saturated heterocycles. The van der Waals surface area contributed by atoms with Crippen LogP contribution in [0.4, 0.5) is 0 Å². The second-order valence-corrected chi connectivity index (χ2v) is 10.4. The maximum absolute atomic E-state index is 13.6. The van der Waals surface area contributed by atoms with Crippen molar-refractivity contribution in [3.8, 4) is 28.2 Å². The number of carbonyl (C=O) groups is 1. The highest BCUT2D eigenvalue weighted by atomic mass is 16.1. The van der Waals surface area contributed by atoms with Gasteiger partial charge in [0.15, 0.2) is 0 Å². The van der Waals surface area contributed by atoms with Crippen LogP contribution in [0.5, 0.6) is 0 Å². The molecule has 4 aromatic heterocycles. The molecule has 0 saturated carbocycles. The van der Waals surface area contributed by atoms with Gasteiger partial charge in [-0.3, -0.25) is 14.8 Å². The first-order valence-electron chi connectivity index (χ1n) is 13.6. The van der Waals surface area contributed by atoms with Gasteiger partial charge >= 0.3 is 0 Å². The van der Waals surface area contributed by atoms with Gasteiger partial charge in [-0.15, -0.1) is 0 Å². The van der Waals surface area contributed by atoms with Gasteiger partial charge in [-0.25, -0.2) is 4.98 Å². The number of ketones is 1. The zero-order valence-electron chi connectivity index (χ0n) is 21.7. The van der Waals surface area contributed by atoms with E-state index in [0.717, 1.165) is 44.0 Å². The Labute approximate surface area is 234 Å². The lowest BCUT2D eigenvalue weighted by Crippen LogP contribution is -2.14. The van der Waals surface area contributed by atoms with Gasteiger partial charge in [0.2, 0.25) is 5.78 Å². The second kappa shape index (κ2) is 8.16. The van der Waals surface area contributed by atoms with Crippen molar-refractivity contribution in [3.63, 3.8) is 0 Å². The van der Waals surface area contributed by atoms with E-state index in [-0.39, 0.29) is 5.78 Å². The molecule has 4 heterocycles. The largest absolute Gasteiger partial charge is 0.309 e. The molecule has 4 aromatic carbocycles. The van der Waals surface area contributed by atoms with Crippen molar-refractivity contribution in [1.82, 2.24) is 19.5 Å². The zero-order chi connectivity index (χ0) is 27.1. The van der Waals surface area contributed by atoms with Crippen LogP contribution in [0.15, 0.2) is 122 Å². The summed E-state index contributed by atoms with van der Waals surface area (Å²) in [5, 5.41) is 5.14. The Kier molecular flexibility index (Phi) is 4.41. The van der Waals surface area contributed by atoms with E-state index >= 15 is 0 Å². The number of aromatic nitrogens is 4. The molecule has 9 rings (SSSR count). The van der Waals surface area contributed by atoms with E-state index < -0.39 is 0 Å². The Bertz CT molecular complexity index is 2390. The summed E-state index contributed by atoms with van der Waals surface area (Å²) in [5.74, 6) is -0.110. The number of para-hydroxylation sites is 2. The normalized spacial score (nSPS) is 12.4. The molecule has 190 valence electrons. The van der Waals surface area contributed by atoms with E-state index in [1.165, 1.54) is 16.3 Å². The van der Waals surface area contributed by atoms with Crippen molar-refractivity contribution in [2.24, 2.45) is 0 Å². The second-order valence-electron chi connectivity index (χ2n) is 10.4. The van der Waals surface area contributed by atoms with E-state index in [0.29, 0.717) is 22.6 Å². The predicted molar refractivity (Wildman–Crippen MR) is 163 cm³/mol. The van der Waals surface area contributed by atoms with Gasteiger partial charge in [0.25, 0.3) is 0 Å². The van der Waals surface area contributed by atoms with Gasteiger partial charge < -0.3 is 4.57 Å². The molecule has 41 heavy (non-hydrogen) atoms. The standard InChI is InChI=1S/C36H20N4O/c41-36-27-10-6-17-37-33(27)34-32-26(16-18-38-34)24-14-12-22(20-29(24)39-35(32)36)21-13-15-31-28(19-21)25-9-4-5-11-30(25)40(31)23-7-2-1-3-8-23/h1-20H. The number of carbonyl (C=O) groups excluding carboxylic acids is 1. The zero-order valence-corrected chi connectivity index (χ0v) is 21.7. The van der Waals surface area contributed by atoms with Crippen molar-refractivity contribution in [3.05, 3.63) is 133 Å². The number of hydrogen-bond acceptors (Lipinski definition) is 4. The third-order valence-electron chi connectivity index (χ3n) is 8.22. The van der Waals surface area contributed by atoms with Crippen LogP contribution in [-0.4, -0.2) is 25.3 Å². The highest BCUT2D eigenvalue weighted by Crippen LogP contribution is 2.40. The molecule has 1 aliphatic rings. The number of fused-ring (bicyclic) bond motifs is 7. The maximum atomic E-state index is 13.6. The molecular weight excluding hydrogens is 504 g/mol. The Morgan fingerprint density at radius 2 is 1.32 bits per heavy atom. The molecule has 0 N–H and O–H groups in total. The minimum absolute atomic E-state index is 0.110. The summed E-state index contributed by atoms with van der Waals surface area (Å²) in [6.45, 7) is 0. The molecule has 5 nitrogen and oxygen atoms in total. The van der Waals surface area contributed by atoms with Gasteiger partial charge in [0, 0.05) is 39.6 Å². The van der Waals surface area contributed by atoms with Gasteiger partial charge in [-0.2, -0.15) is 0 Å². The quantitative estimate of drug-likeness (QED) is 0.214. The van der Waals surface area contributed by atoms with Crippen molar-refractivity contribution in [2.75, 3.05) is 0 Å². The van der Waals surface area contributed by atoms with Crippen LogP contribution in [0.3, 0.4) is 0 Å². The van der Waals surface area contributed by atoms with Crippen LogP contribution in [0.2, 0.25) is 0 Å². The molecule has 5 heteroatoms. The summed E-state index contributed by atoms with van der Waals surface area (Å²) in [5.41, 5.74) is 8.73. The van der Waals surface area contributed by atoms with Crippen LogP contribution < -0.4 is 0 Å². The summed E-state index contributed by atoms with van der Waals surface area (Å²) >= 11 is 0. The average Bonchev–Trinajstić information content (AvgIpc) is 3.37. The van der Waals surface area contributed by atoms with Gasteiger partial charge in [-0.05, 0) is 71.1 Å². The van der Waals surface area contributed by atoms with Crippen LogP contribution >= 0.6 is 0 Å². The van der Waals surface area contributed by atoms with Crippen LogP contribution in [0.25, 0.3) is 71.7 Å². The monoisotopic (exact) mass is 524 g/mol. The van der Waals surface area contributed by atoms with Crippen LogP contribution in [-0.2, 0) is 0 Å². The lowest BCUT2D eigenvalue weighted by molar-refractivity contribution is 0.103. The third-order valence-corrected chi connectivity index (χ3v) is 8.22. The van der Waals surface area contributed by atoms with E-state index in [1.54, 1.807) is 24.5 Å². The Morgan fingerprint density at radius 1 is 0.537 bits per heavy atom. The number of hydrogen-bond donors (Lipinski definition) is 0. The minimum Gasteiger partial charge on any atom is -0.309 e. The molecule has 1 aliphatic carbocycles. The first-order chi connectivity index (χ1) is 20.3. The van der Waals surface area contributed by atoms with Crippen molar-refractivity contribution in [2.45, 2.75) is 0 Å². The molecule has 0 fully saturated rings. The summed E-state index contributed by atoms with van der Waals surface area (Å²) in [6, 6.07) is 37.5. The lowest BCUT2D eigenvalue weighted by atomic mass is 9.90. The fourth-order valence-electron chi connectivity index (χ4n) is 6.39. The molecule has 0 spiro atoms. The van der Waals surface area contributed by atoms with Gasteiger partial charge in [-0.1, -0.05) is 54.6 Å². The number of pyridine rings is 3. The first kappa shape index (κ1) is 22.2. The van der Waals surface area contributed by atoms with E-state index in [9.17, 15) is 4.79 Å². The van der Waals surface area contributed by atoms with Gasteiger partial charge in [0.1, 0.15) is 11.4 Å². The Balaban J connectivity index is 1.27. The highest BCUT2D eigenvalue weighted by Gasteiger charge is 2.29. The Hall–Kier alpha value is -5.68. The first-order valence-corrected chi connectivity index (χ1v) is 13.6. The minimum atomic E-state index is -0.110. The number of nitrogens with zero attached hydrogens (tertiary/aromatic N) is 4. The van der Waals surface area contributed by atoms with Crippen LogP contribution in [0.1, 0.15) is 16.1 Å². The van der Waals surface area contributed by atoms with Crippen molar-refractivity contribution in [1.29, 1.82) is 0 Å². The summed E-state index contributed by atoms with van der Waals surface area (Å²) in [4.78, 5) is 27.6. The predicted octanol–water partition coefficient (Wildman–Crippen LogP) is 8.15. The SMILES string of the molecule is O=C1c2cccnc2-c2nccc3c2c1nc1cc(-c2ccc4c(c2)c2ccccc2n4-c2ccccc2)ccc13. The molecule has 0 unspecified atom stereocenters. The van der Waals surface area contributed by atoms with Crippen LogP contribution in [0, 0.1) is 0 Å². The average molecular weight is 525 g/mol. The van der Waals surface area contributed by atoms with Gasteiger partial charge in [0.05, 0.1) is 27.8 Å². The molecule has 8 aromatic rings. The molecule has 0 aliphatic heterocycles. The van der Waals surface area contributed by atoms with Crippen molar-refractivity contribution < 1.29 is 4.79 Å². The molecule has 0 atom stereocenters. The van der Waals surface area contributed by atoms with E-state index in [4.69, 9.17) is 4.98 Å². The summed E-state index contributed by atoms with van der Waals surface area (Å²) in [7, 11) is 0. The van der Waals surface area contributed by atoms with Crippen molar-refractivity contribution >= 4 is 49.3 Å². The summed E-state index contributed by atoms with van der Waals surface area (Å²) < 4.78 is 2.32.